The summed E-state index contributed by atoms with van der Waals surface area (Å²) in [5.41, 5.74) is 4.49. The molecular weight excluding hydrogens is 360 g/mol. The molecule has 0 amide bonds. The predicted octanol–water partition coefficient (Wildman–Crippen LogP) is 3.13. The molecule has 1 fully saturated rings. The number of hydrogen-bond acceptors (Lipinski definition) is 4. The maximum Gasteiger partial charge on any atom is 0.246 e. The van der Waals surface area contributed by atoms with Crippen LogP contribution in [0.2, 0.25) is 0 Å². The molecule has 0 unspecified atom stereocenters. The summed E-state index contributed by atoms with van der Waals surface area (Å²) in [5.74, 6) is 0.417. The SMILES string of the molecule is COc1cc(C)c(C)cc1S(=O)(=O)N1CCN(Cc2cccc(C)c2)CC1. The summed E-state index contributed by atoms with van der Waals surface area (Å²) in [5, 5.41) is 0. The van der Waals surface area contributed by atoms with Crippen LogP contribution in [0.5, 0.6) is 5.75 Å². The maximum absolute atomic E-state index is 13.2. The lowest BCUT2D eigenvalue weighted by Gasteiger charge is -2.34. The van der Waals surface area contributed by atoms with Crippen molar-refractivity contribution < 1.29 is 13.2 Å². The Morgan fingerprint density at radius 3 is 2.26 bits per heavy atom. The van der Waals surface area contributed by atoms with Gasteiger partial charge in [0.15, 0.2) is 0 Å². The standard InChI is InChI=1S/C21H28N2O3S/c1-16-6-5-7-19(12-16)15-22-8-10-23(11-9-22)27(24,25)21-14-18(3)17(2)13-20(21)26-4/h5-7,12-14H,8-11,15H2,1-4H3. The van der Waals surface area contributed by atoms with E-state index >= 15 is 0 Å². The third kappa shape index (κ3) is 4.34. The summed E-state index contributed by atoms with van der Waals surface area (Å²) in [7, 11) is -2.05. The van der Waals surface area contributed by atoms with Gasteiger partial charge in [0.1, 0.15) is 10.6 Å². The van der Waals surface area contributed by atoms with Crippen LogP contribution in [0.25, 0.3) is 0 Å². The van der Waals surface area contributed by atoms with Gasteiger partial charge in [-0.25, -0.2) is 8.42 Å². The van der Waals surface area contributed by atoms with Crippen molar-refractivity contribution in [3.8, 4) is 5.75 Å². The first-order valence-corrected chi connectivity index (χ1v) is 10.7. The van der Waals surface area contributed by atoms with Crippen molar-refractivity contribution >= 4 is 10.0 Å². The van der Waals surface area contributed by atoms with Crippen molar-refractivity contribution in [2.45, 2.75) is 32.2 Å². The number of piperazine rings is 1. The number of rotatable bonds is 5. The van der Waals surface area contributed by atoms with Crippen LogP contribution in [-0.2, 0) is 16.6 Å². The average molecular weight is 389 g/mol. The molecule has 27 heavy (non-hydrogen) atoms. The summed E-state index contributed by atoms with van der Waals surface area (Å²) in [6.45, 7) is 9.24. The molecule has 1 heterocycles. The average Bonchev–Trinajstić information content (AvgIpc) is 2.64. The van der Waals surface area contributed by atoms with E-state index in [1.165, 1.54) is 18.2 Å². The Morgan fingerprint density at radius 2 is 1.63 bits per heavy atom. The number of methoxy groups -OCH3 is 1. The first kappa shape index (κ1) is 19.9. The van der Waals surface area contributed by atoms with Gasteiger partial charge in [-0.3, -0.25) is 4.90 Å². The van der Waals surface area contributed by atoms with E-state index in [1.54, 1.807) is 16.4 Å². The Bertz CT molecular complexity index is 917. The molecule has 0 saturated carbocycles. The van der Waals surface area contributed by atoms with Gasteiger partial charge in [0.05, 0.1) is 7.11 Å². The molecule has 0 aromatic heterocycles. The first-order chi connectivity index (χ1) is 12.8. The molecule has 0 atom stereocenters. The van der Waals surface area contributed by atoms with Crippen molar-refractivity contribution in [1.82, 2.24) is 9.21 Å². The van der Waals surface area contributed by atoms with Gasteiger partial charge in [0.2, 0.25) is 10.0 Å². The van der Waals surface area contributed by atoms with Crippen LogP contribution >= 0.6 is 0 Å². The van der Waals surface area contributed by atoms with Gasteiger partial charge < -0.3 is 4.74 Å². The quantitative estimate of drug-likeness (QED) is 0.790. The van der Waals surface area contributed by atoms with Gasteiger partial charge in [-0.2, -0.15) is 4.31 Å². The van der Waals surface area contributed by atoms with E-state index in [0.29, 0.717) is 18.8 Å². The topological polar surface area (TPSA) is 49.9 Å². The summed E-state index contributed by atoms with van der Waals surface area (Å²) < 4.78 is 33.3. The zero-order valence-electron chi connectivity index (χ0n) is 16.5. The molecule has 0 radical (unpaired) electrons. The van der Waals surface area contributed by atoms with Gasteiger partial charge in [-0.1, -0.05) is 29.8 Å². The second-order valence-electron chi connectivity index (χ2n) is 7.26. The second-order valence-corrected chi connectivity index (χ2v) is 9.16. The molecule has 3 rings (SSSR count). The van der Waals surface area contributed by atoms with Gasteiger partial charge >= 0.3 is 0 Å². The Balaban J connectivity index is 1.72. The van der Waals surface area contributed by atoms with Crippen molar-refractivity contribution in [2.24, 2.45) is 0 Å². The molecule has 2 aromatic rings. The lowest BCUT2D eigenvalue weighted by Crippen LogP contribution is -2.48. The molecule has 146 valence electrons. The molecule has 5 nitrogen and oxygen atoms in total. The van der Waals surface area contributed by atoms with Crippen LogP contribution in [0.3, 0.4) is 0 Å². The number of benzene rings is 2. The summed E-state index contributed by atoms with van der Waals surface area (Å²) >= 11 is 0. The largest absolute Gasteiger partial charge is 0.495 e. The predicted molar refractivity (Wildman–Crippen MR) is 108 cm³/mol. The monoisotopic (exact) mass is 388 g/mol. The van der Waals surface area contributed by atoms with Crippen LogP contribution in [-0.4, -0.2) is 50.9 Å². The summed E-state index contributed by atoms with van der Waals surface area (Å²) in [6, 6.07) is 12.0. The Labute approximate surface area is 162 Å². The Kier molecular flexibility index (Phi) is 5.89. The molecule has 6 heteroatoms. The third-order valence-corrected chi connectivity index (χ3v) is 7.14. The van der Waals surface area contributed by atoms with E-state index in [9.17, 15) is 8.42 Å². The smallest absolute Gasteiger partial charge is 0.246 e. The van der Waals surface area contributed by atoms with E-state index < -0.39 is 10.0 Å². The van der Waals surface area contributed by atoms with Crippen molar-refractivity contribution in [1.29, 1.82) is 0 Å². The van der Waals surface area contributed by atoms with E-state index in [4.69, 9.17) is 4.74 Å². The summed E-state index contributed by atoms with van der Waals surface area (Å²) in [6.07, 6.45) is 0. The molecule has 1 saturated heterocycles. The normalized spacial score (nSPS) is 16.4. The van der Waals surface area contributed by atoms with Crippen molar-refractivity contribution in [3.05, 3.63) is 58.7 Å². The number of aryl methyl sites for hydroxylation is 3. The highest BCUT2D eigenvalue weighted by Crippen LogP contribution is 2.30. The molecule has 0 bridgehead atoms. The Morgan fingerprint density at radius 1 is 0.963 bits per heavy atom. The molecule has 0 N–H and O–H groups in total. The van der Waals surface area contributed by atoms with E-state index in [1.807, 2.05) is 13.8 Å². The van der Waals surface area contributed by atoms with Crippen molar-refractivity contribution in [2.75, 3.05) is 33.3 Å². The highest BCUT2D eigenvalue weighted by atomic mass is 32.2. The lowest BCUT2D eigenvalue weighted by molar-refractivity contribution is 0.181. The second kappa shape index (κ2) is 8.00. The maximum atomic E-state index is 13.2. The van der Waals surface area contributed by atoms with Crippen LogP contribution in [0.1, 0.15) is 22.3 Å². The zero-order valence-corrected chi connectivity index (χ0v) is 17.3. The van der Waals surface area contributed by atoms with Crippen molar-refractivity contribution in [3.63, 3.8) is 0 Å². The highest BCUT2D eigenvalue weighted by molar-refractivity contribution is 7.89. The number of nitrogens with zero attached hydrogens (tertiary/aromatic N) is 2. The van der Waals surface area contributed by atoms with E-state index in [2.05, 4.69) is 36.1 Å². The van der Waals surface area contributed by atoms with Crippen LogP contribution in [0.15, 0.2) is 41.3 Å². The minimum absolute atomic E-state index is 0.264. The fourth-order valence-corrected chi connectivity index (χ4v) is 5.10. The highest BCUT2D eigenvalue weighted by Gasteiger charge is 2.31. The van der Waals surface area contributed by atoms with E-state index in [-0.39, 0.29) is 4.90 Å². The fourth-order valence-electron chi connectivity index (χ4n) is 3.46. The fraction of sp³-hybridized carbons (Fsp3) is 0.429. The number of sulfonamides is 1. The van der Waals surface area contributed by atoms with Gasteiger partial charge in [-0.15, -0.1) is 0 Å². The first-order valence-electron chi connectivity index (χ1n) is 9.24. The molecule has 1 aliphatic heterocycles. The molecule has 2 aromatic carbocycles. The third-order valence-electron chi connectivity index (χ3n) is 5.22. The van der Waals surface area contributed by atoms with E-state index in [0.717, 1.165) is 30.8 Å². The number of hydrogen-bond donors (Lipinski definition) is 0. The van der Waals surface area contributed by atoms with Crippen LogP contribution in [0.4, 0.5) is 0 Å². The van der Waals surface area contributed by atoms with Crippen LogP contribution < -0.4 is 4.74 Å². The molecular formula is C21H28N2O3S. The summed E-state index contributed by atoms with van der Waals surface area (Å²) in [4.78, 5) is 2.57. The minimum Gasteiger partial charge on any atom is -0.495 e. The van der Waals surface area contributed by atoms with Gasteiger partial charge in [0, 0.05) is 32.7 Å². The minimum atomic E-state index is -3.57. The Hall–Kier alpha value is -1.89. The molecule has 0 aliphatic carbocycles. The zero-order chi connectivity index (χ0) is 19.6. The molecule has 0 spiro atoms. The lowest BCUT2D eigenvalue weighted by atomic mass is 10.1. The van der Waals surface area contributed by atoms with Gasteiger partial charge in [-0.05, 0) is 49.6 Å². The molecule has 1 aliphatic rings. The van der Waals surface area contributed by atoms with Gasteiger partial charge in [0.25, 0.3) is 0 Å². The van der Waals surface area contributed by atoms with Crippen LogP contribution in [0, 0.1) is 20.8 Å². The number of ether oxygens (including phenoxy) is 1.